The Balaban J connectivity index is 2.11. The molecule has 0 saturated carbocycles. The largest absolute Gasteiger partial charge is 0.484 e. The number of unbranched alkanes of at least 4 members (excludes halogenated alkanes) is 1. The van der Waals surface area contributed by atoms with Crippen molar-refractivity contribution in [2.45, 2.75) is 65.5 Å². The van der Waals surface area contributed by atoms with E-state index in [-0.39, 0.29) is 18.4 Å². The highest BCUT2D eigenvalue weighted by atomic mass is 16.5. The quantitative estimate of drug-likeness (QED) is 0.493. The standard InChI is InChI=1S/C26H36N2O3/c1-5-7-17-27-26(30)24(6-2)28(18-21-11-9-8-10-12-21)25(29)19-31-23-15-13-22(14-16-23)20(3)4/h8-16,20,24H,5-7,17-19H2,1-4H3,(H,27,30)/t24-/m1/s1. The molecule has 168 valence electrons. The molecule has 0 radical (unpaired) electrons. The first-order chi connectivity index (χ1) is 15.0. The molecular weight excluding hydrogens is 388 g/mol. The Morgan fingerprint density at radius 3 is 2.26 bits per heavy atom. The number of hydrogen-bond donors (Lipinski definition) is 1. The fourth-order valence-corrected chi connectivity index (χ4v) is 3.38. The van der Waals surface area contributed by atoms with E-state index in [9.17, 15) is 9.59 Å². The molecule has 0 bridgehead atoms. The molecule has 31 heavy (non-hydrogen) atoms. The Labute approximate surface area is 186 Å². The first kappa shape index (κ1) is 24.4. The summed E-state index contributed by atoms with van der Waals surface area (Å²) in [5.74, 6) is 0.780. The van der Waals surface area contributed by atoms with Crippen LogP contribution in [0.25, 0.3) is 0 Å². The van der Waals surface area contributed by atoms with E-state index in [1.165, 1.54) is 5.56 Å². The Kier molecular flexibility index (Phi) is 10.1. The highest BCUT2D eigenvalue weighted by Gasteiger charge is 2.28. The number of nitrogens with one attached hydrogen (secondary N) is 1. The minimum atomic E-state index is -0.531. The average molecular weight is 425 g/mol. The first-order valence-corrected chi connectivity index (χ1v) is 11.3. The molecule has 0 spiro atoms. The molecular formula is C26H36N2O3. The van der Waals surface area contributed by atoms with Crippen molar-refractivity contribution in [3.63, 3.8) is 0 Å². The van der Waals surface area contributed by atoms with Gasteiger partial charge in [0.2, 0.25) is 5.91 Å². The third-order valence-corrected chi connectivity index (χ3v) is 5.32. The van der Waals surface area contributed by atoms with Crippen LogP contribution in [0.4, 0.5) is 0 Å². The van der Waals surface area contributed by atoms with Crippen LogP contribution in [-0.2, 0) is 16.1 Å². The van der Waals surface area contributed by atoms with Crippen molar-refractivity contribution in [1.82, 2.24) is 10.2 Å². The van der Waals surface area contributed by atoms with Crippen molar-refractivity contribution in [3.8, 4) is 5.75 Å². The predicted molar refractivity (Wildman–Crippen MR) is 125 cm³/mol. The number of rotatable bonds is 12. The van der Waals surface area contributed by atoms with Crippen molar-refractivity contribution in [2.75, 3.05) is 13.2 Å². The summed E-state index contributed by atoms with van der Waals surface area (Å²) >= 11 is 0. The van der Waals surface area contributed by atoms with Gasteiger partial charge in [0, 0.05) is 13.1 Å². The average Bonchev–Trinajstić information content (AvgIpc) is 2.78. The molecule has 2 amide bonds. The third kappa shape index (κ3) is 7.74. The molecule has 2 aromatic carbocycles. The van der Waals surface area contributed by atoms with E-state index >= 15 is 0 Å². The van der Waals surface area contributed by atoms with Crippen LogP contribution in [0.2, 0.25) is 0 Å². The molecule has 0 saturated heterocycles. The fourth-order valence-electron chi connectivity index (χ4n) is 3.38. The Hall–Kier alpha value is -2.82. The molecule has 0 aliphatic heterocycles. The van der Waals surface area contributed by atoms with Gasteiger partial charge in [-0.1, -0.05) is 76.6 Å². The molecule has 0 aliphatic rings. The van der Waals surface area contributed by atoms with E-state index in [1.54, 1.807) is 4.90 Å². The van der Waals surface area contributed by atoms with Crippen molar-refractivity contribution in [3.05, 3.63) is 65.7 Å². The number of amides is 2. The summed E-state index contributed by atoms with van der Waals surface area (Å²) in [6, 6.07) is 17.0. The second-order valence-corrected chi connectivity index (χ2v) is 8.09. The molecule has 0 aromatic heterocycles. The zero-order chi connectivity index (χ0) is 22.6. The monoisotopic (exact) mass is 424 g/mol. The van der Waals surface area contributed by atoms with Crippen LogP contribution in [-0.4, -0.2) is 35.9 Å². The normalized spacial score (nSPS) is 11.8. The Bertz CT molecular complexity index is 803. The first-order valence-electron chi connectivity index (χ1n) is 11.3. The molecule has 5 heteroatoms. The highest BCUT2D eigenvalue weighted by molar-refractivity contribution is 5.88. The predicted octanol–water partition coefficient (Wildman–Crippen LogP) is 4.91. The maximum atomic E-state index is 13.2. The van der Waals surface area contributed by atoms with Crippen LogP contribution >= 0.6 is 0 Å². The minimum Gasteiger partial charge on any atom is -0.484 e. The summed E-state index contributed by atoms with van der Waals surface area (Å²) < 4.78 is 5.77. The van der Waals surface area contributed by atoms with E-state index in [4.69, 9.17) is 4.74 Å². The van der Waals surface area contributed by atoms with Gasteiger partial charge >= 0.3 is 0 Å². The number of ether oxygens (including phenoxy) is 1. The van der Waals surface area contributed by atoms with Crippen molar-refractivity contribution < 1.29 is 14.3 Å². The molecule has 2 rings (SSSR count). The lowest BCUT2D eigenvalue weighted by molar-refractivity contribution is -0.143. The molecule has 0 unspecified atom stereocenters. The SMILES string of the molecule is CCCCNC(=O)[C@@H](CC)N(Cc1ccccc1)C(=O)COc1ccc(C(C)C)cc1. The van der Waals surface area contributed by atoms with Crippen LogP contribution in [0.5, 0.6) is 5.75 Å². The van der Waals surface area contributed by atoms with Gasteiger partial charge in [0.15, 0.2) is 6.61 Å². The lowest BCUT2D eigenvalue weighted by Gasteiger charge is -2.30. The molecule has 0 fully saturated rings. The maximum Gasteiger partial charge on any atom is 0.261 e. The Morgan fingerprint density at radius 1 is 1.00 bits per heavy atom. The van der Waals surface area contributed by atoms with Crippen LogP contribution in [0, 0.1) is 0 Å². The van der Waals surface area contributed by atoms with Crippen LogP contribution in [0.15, 0.2) is 54.6 Å². The summed E-state index contributed by atoms with van der Waals surface area (Å²) in [6.45, 7) is 9.18. The summed E-state index contributed by atoms with van der Waals surface area (Å²) in [7, 11) is 0. The van der Waals surface area contributed by atoms with Crippen LogP contribution in [0.3, 0.4) is 0 Å². The zero-order valence-electron chi connectivity index (χ0n) is 19.3. The molecule has 2 aromatic rings. The van der Waals surface area contributed by atoms with E-state index in [0.717, 1.165) is 18.4 Å². The highest BCUT2D eigenvalue weighted by Crippen LogP contribution is 2.19. The van der Waals surface area contributed by atoms with Gasteiger partial charge in [0.05, 0.1) is 0 Å². The van der Waals surface area contributed by atoms with Gasteiger partial charge in [-0.15, -0.1) is 0 Å². The lowest BCUT2D eigenvalue weighted by atomic mass is 10.0. The molecule has 1 N–H and O–H groups in total. The third-order valence-electron chi connectivity index (χ3n) is 5.32. The summed E-state index contributed by atoms with van der Waals surface area (Å²) in [5.41, 5.74) is 2.20. The number of hydrogen-bond acceptors (Lipinski definition) is 3. The molecule has 0 aliphatic carbocycles. The van der Waals surface area contributed by atoms with Crippen LogP contribution in [0.1, 0.15) is 64.0 Å². The van der Waals surface area contributed by atoms with E-state index in [2.05, 4.69) is 26.1 Å². The second kappa shape index (κ2) is 12.8. The minimum absolute atomic E-state index is 0.105. The van der Waals surface area contributed by atoms with Crippen molar-refractivity contribution in [2.24, 2.45) is 0 Å². The molecule has 5 nitrogen and oxygen atoms in total. The van der Waals surface area contributed by atoms with E-state index in [1.807, 2.05) is 61.5 Å². The summed E-state index contributed by atoms with van der Waals surface area (Å²) in [5, 5.41) is 2.97. The fraction of sp³-hybridized carbons (Fsp3) is 0.462. The number of benzene rings is 2. The number of carbonyl (C=O) groups excluding carboxylic acids is 2. The van der Waals surface area contributed by atoms with Gasteiger partial charge in [0.1, 0.15) is 11.8 Å². The smallest absolute Gasteiger partial charge is 0.261 e. The summed E-state index contributed by atoms with van der Waals surface area (Å²) in [4.78, 5) is 27.6. The van der Waals surface area contributed by atoms with Gasteiger partial charge in [-0.3, -0.25) is 9.59 Å². The topological polar surface area (TPSA) is 58.6 Å². The van der Waals surface area contributed by atoms with E-state index < -0.39 is 6.04 Å². The number of nitrogens with zero attached hydrogens (tertiary/aromatic N) is 1. The van der Waals surface area contributed by atoms with Gasteiger partial charge in [-0.2, -0.15) is 0 Å². The van der Waals surface area contributed by atoms with Crippen LogP contribution < -0.4 is 10.1 Å². The Morgan fingerprint density at radius 2 is 1.68 bits per heavy atom. The van der Waals surface area contributed by atoms with Crippen molar-refractivity contribution >= 4 is 11.8 Å². The van der Waals surface area contributed by atoms with Gasteiger partial charge in [0.25, 0.3) is 5.91 Å². The van der Waals surface area contributed by atoms with Gasteiger partial charge in [-0.05, 0) is 42.0 Å². The maximum absolute atomic E-state index is 13.2. The molecule has 1 atom stereocenters. The zero-order valence-corrected chi connectivity index (χ0v) is 19.3. The second-order valence-electron chi connectivity index (χ2n) is 8.09. The van der Waals surface area contributed by atoms with Gasteiger partial charge in [-0.25, -0.2) is 0 Å². The van der Waals surface area contributed by atoms with Gasteiger partial charge < -0.3 is 15.0 Å². The molecule has 0 heterocycles. The van der Waals surface area contributed by atoms with Crippen molar-refractivity contribution in [1.29, 1.82) is 0 Å². The lowest BCUT2D eigenvalue weighted by Crippen LogP contribution is -2.50. The van der Waals surface area contributed by atoms with E-state index in [0.29, 0.717) is 31.2 Å². The number of carbonyl (C=O) groups is 2. The summed E-state index contributed by atoms with van der Waals surface area (Å²) in [6.07, 6.45) is 2.47.